The van der Waals surface area contributed by atoms with Gasteiger partial charge < -0.3 is 14.6 Å². The summed E-state index contributed by atoms with van der Waals surface area (Å²) in [6.45, 7) is 0. The fraction of sp³-hybridized carbons (Fsp3) is 0.125. The van der Waals surface area contributed by atoms with E-state index < -0.39 is 40.7 Å². The first-order chi connectivity index (χ1) is 18.9. The van der Waals surface area contributed by atoms with Crippen LogP contribution in [0.25, 0.3) is 0 Å². The van der Waals surface area contributed by atoms with Crippen LogP contribution in [0, 0.1) is 23.3 Å². The summed E-state index contributed by atoms with van der Waals surface area (Å²) in [5, 5.41) is 9.46. The molecule has 4 aromatic rings. The second-order valence-electron chi connectivity index (χ2n) is 7.38. The van der Waals surface area contributed by atoms with Crippen LogP contribution in [0.3, 0.4) is 0 Å². The lowest BCUT2D eigenvalue weighted by atomic mass is 10.0. The average molecular weight is 640 g/mol. The number of ether oxygens (including phenoxy) is 2. The molecule has 2 aromatic heterocycles. The van der Waals surface area contributed by atoms with Gasteiger partial charge in [0.2, 0.25) is 16.4 Å². The van der Waals surface area contributed by atoms with Crippen LogP contribution in [-0.4, -0.2) is 45.0 Å². The van der Waals surface area contributed by atoms with Gasteiger partial charge in [0.1, 0.15) is 33.5 Å². The molecule has 0 saturated carbocycles. The molecule has 0 aliphatic rings. The first kappa shape index (κ1) is 31.2. The van der Waals surface area contributed by atoms with E-state index in [2.05, 4.69) is 19.9 Å². The smallest absolute Gasteiger partial charge is 0.223 e. The van der Waals surface area contributed by atoms with E-state index in [9.17, 15) is 27.5 Å². The van der Waals surface area contributed by atoms with Crippen molar-refractivity contribution in [3.63, 3.8) is 0 Å². The van der Waals surface area contributed by atoms with Crippen LogP contribution in [0.1, 0.15) is 33.2 Å². The van der Waals surface area contributed by atoms with Crippen molar-refractivity contribution in [2.24, 2.45) is 0 Å². The maximum absolute atomic E-state index is 13.9. The summed E-state index contributed by atoms with van der Waals surface area (Å²) in [6.07, 6.45) is 0.570. The van der Waals surface area contributed by atoms with Crippen molar-refractivity contribution in [3.8, 4) is 11.5 Å². The number of hydrogen-bond acceptors (Lipinski definition) is 8. The Morgan fingerprint density at radius 2 is 1.32 bits per heavy atom. The van der Waals surface area contributed by atoms with Gasteiger partial charge in [-0.1, -0.05) is 23.2 Å². The lowest BCUT2D eigenvalue weighted by molar-refractivity contribution is 0.103. The molecular weight excluding hydrogens is 626 g/mol. The highest BCUT2D eigenvalue weighted by atomic mass is 35.5. The van der Waals surface area contributed by atoms with Crippen molar-refractivity contribution < 1.29 is 36.9 Å². The summed E-state index contributed by atoms with van der Waals surface area (Å²) in [4.78, 5) is 26.7. The second-order valence-corrected chi connectivity index (χ2v) is 8.77. The van der Waals surface area contributed by atoms with E-state index in [-0.39, 0.29) is 49.1 Å². The van der Waals surface area contributed by atoms with Gasteiger partial charge in [0.15, 0.2) is 23.3 Å². The maximum Gasteiger partial charge on any atom is 0.223 e. The third-order valence-electron chi connectivity index (χ3n) is 5.08. The van der Waals surface area contributed by atoms with E-state index in [0.29, 0.717) is 0 Å². The molecule has 0 spiro atoms. The van der Waals surface area contributed by atoms with E-state index in [4.69, 9.17) is 55.9 Å². The Kier molecular flexibility index (Phi) is 10.4. The van der Waals surface area contributed by atoms with Gasteiger partial charge in [0.05, 0.1) is 25.3 Å². The Morgan fingerprint density at radius 1 is 0.800 bits per heavy atom. The monoisotopic (exact) mass is 638 g/mol. The van der Waals surface area contributed by atoms with E-state index in [1.807, 2.05) is 0 Å². The number of benzene rings is 2. The van der Waals surface area contributed by atoms with Crippen LogP contribution in [0.2, 0.25) is 20.9 Å². The van der Waals surface area contributed by atoms with Gasteiger partial charge in [-0.05, 0) is 47.5 Å². The molecule has 0 fully saturated rings. The molecule has 0 bridgehead atoms. The summed E-state index contributed by atoms with van der Waals surface area (Å²) in [5.41, 5.74) is -1.20. The Hall–Kier alpha value is -3.29. The van der Waals surface area contributed by atoms with Crippen LogP contribution in [0.5, 0.6) is 11.5 Å². The molecule has 0 amide bonds. The first-order valence-corrected chi connectivity index (χ1v) is 12.0. The zero-order chi connectivity index (χ0) is 29.7. The highest BCUT2D eigenvalue weighted by Crippen LogP contribution is 2.35. The Morgan fingerprint density at radius 3 is 1.88 bits per heavy atom. The number of methoxy groups -OCH3 is 2. The van der Waals surface area contributed by atoms with Gasteiger partial charge in [0, 0.05) is 18.0 Å². The van der Waals surface area contributed by atoms with Crippen molar-refractivity contribution in [2.45, 2.75) is 6.10 Å². The van der Waals surface area contributed by atoms with Crippen LogP contribution in [0.15, 0.2) is 36.7 Å². The predicted octanol–water partition coefficient (Wildman–Crippen LogP) is 6.45. The van der Waals surface area contributed by atoms with E-state index in [1.165, 1.54) is 20.3 Å². The number of nitrogens with zero attached hydrogens (tertiary/aromatic N) is 4. The fourth-order valence-corrected chi connectivity index (χ4v) is 4.01. The molecule has 0 aliphatic heterocycles. The summed E-state index contributed by atoms with van der Waals surface area (Å²) in [7, 11) is 2.49. The lowest BCUT2D eigenvalue weighted by Crippen LogP contribution is -2.10. The second kappa shape index (κ2) is 13.4. The normalized spacial score (nSPS) is 11.4. The van der Waals surface area contributed by atoms with Gasteiger partial charge in [-0.3, -0.25) is 4.79 Å². The highest BCUT2D eigenvalue weighted by molar-refractivity contribution is 6.35. The van der Waals surface area contributed by atoms with Crippen LogP contribution in [-0.2, 0) is 0 Å². The maximum atomic E-state index is 13.9. The topological polar surface area (TPSA) is 107 Å². The van der Waals surface area contributed by atoms with E-state index in [0.717, 1.165) is 30.6 Å². The fourth-order valence-electron chi connectivity index (χ4n) is 3.21. The summed E-state index contributed by atoms with van der Waals surface area (Å²) >= 11 is 22.6. The number of carbonyl (C=O) groups is 1. The van der Waals surface area contributed by atoms with Gasteiger partial charge >= 0.3 is 0 Å². The number of aliphatic hydroxyl groups excluding tert-OH is 1. The van der Waals surface area contributed by atoms with Crippen LogP contribution >= 0.6 is 46.4 Å². The van der Waals surface area contributed by atoms with Crippen molar-refractivity contribution in [1.82, 2.24) is 19.9 Å². The number of hydrogen-bond donors (Lipinski definition) is 1. The van der Waals surface area contributed by atoms with Crippen molar-refractivity contribution in [1.29, 1.82) is 0 Å². The van der Waals surface area contributed by atoms with Crippen molar-refractivity contribution in [2.75, 3.05) is 14.2 Å². The molecule has 8 nitrogen and oxygen atoms in total. The molecule has 0 aliphatic carbocycles. The minimum absolute atomic E-state index is 0.0149. The molecule has 1 atom stereocenters. The third kappa shape index (κ3) is 6.70. The molecule has 2 aromatic carbocycles. The van der Waals surface area contributed by atoms with Gasteiger partial charge in [0.25, 0.3) is 0 Å². The Balaban J connectivity index is 0.000000220. The average Bonchev–Trinajstić information content (AvgIpc) is 2.91. The SMILES string of the molecule is COc1ccc(F)c(F)c1C(=O)c1cnc(Cl)nc1Cl.COc1ccc(F)c(F)c1C(O)c1cnc(Cl)nc1Cl. The molecule has 4 rings (SSSR count). The summed E-state index contributed by atoms with van der Waals surface area (Å²) < 4.78 is 64.0. The van der Waals surface area contributed by atoms with E-state index in [1.54, 1.807) is 0 Å². The largest absolute Gasteiger partial charge is 0.496 e. The number of ketones is 1. The molecule has 1 unspecified atom stereocenters. The number of rotatable bonds is 6. The zero-order valence-corrected chi connectivity index (χ0v) is 23.0. The van der Waals surface area contributed by atoms with Crippen molar-refractivity contribution >= 4 is 52.2 Å². The quantitative estimate of drug-likeness (QED) is 0.111. The molecule has 0 saturated heterocycles. The molecule has 0 radical (unpaired) electrons. The third-order valence-corrected chi connectivity index (χ3v) is 6.04. The molecule has 2 heterocycles. The van der Waals surface area contributed by atoms with Crippen molar-refractivity contribution in [3.05, 3.63) is 103 Å². The van der Waals surface area contributed by atoms with Gasteiger partial charge in [-0.15, -0.1) is 0 Å². The standard InChI is InChI=1S/C12H8Cl2F2N2O2.C12H6Cl2F2N2O2/c2*1-20-7-3-2-6(15)9(16)8(7)10(19)5-4-17-12(14)18-11(5)13/h2-4,10,19H,1H3;2-4H,1H3. The molecule has 210 valence electrons. The predicted molar refractivity (Wildman–Crippen MR) is 137 cm³/mol. The van der Waals surface area contributed by atoms with Crippen LogP contribution in [0.4, 0.5) is 17.6 Å². The molecule has 40 heavy (non-hydrogen) atoms. The lowest BCUT2D eigenvalue weighted by Gasteiger charge is -2.16. The van der Waals surface area contributed by atoms with Gasteiger partial charge in [-0.2, -0.15) is 0 Å². The summed E-state index contributed by atoms with van der Waals surface area (Å²) in [6, 6.07) is 4.08. The van der Waals surface area contributed by atoms with Gasteiger partial charge in [-0.25, -0.2) is 37.5 Å². The number of aromatic nitrogens is 4. The van der Waals surface area contributed by atoms with E-state index >= 15 is 0 Å². The first-order valence-electron chi connectivity index (χ1n) is 10.5. The summed E-state index contributed by atoms with van der Waals surface area (Å²) in [5.74, 6) is -5.92. The Labute approximate surface area is 243 Å². The minimum Gasteiger partial charge on any atom is -0.496 e. The number of carbonyl (C=O) groups excluding carboxylic acids is 1. The highest BCUT2D eigenvalue weighted by Gasteiger charge is 2.26. The molecule has 1 N–H and O–H groups in total. The zero-order valence-electron chi connectivity index (χ0n) is 20.0. The Bertz CT molecular complexity index is 1580. The molecule has 16 heteroatoms. The number of halogens is 8. The molecular formula is C24H14Cl4F4N4O4. The van der Waals surface area contributed by atoms with Crippen LogP contribution < -0.4 is 9.47 Å². The number of aliphatic hydroxyl groups is 1. The minimum atomic E-state index is -1.59.